The predicted molar refractivity (Wildman–Crippen MR) is 84.4 cm³/mol. The second kappa shape index (κ2) is 5.47. The summed E-state index contributed by atoms with van der Waals surface area (Å²) >= 11 is 0. The van der Waals surface area contributed by atoms with Crippen LogP contribution in [0.2, 0.25) is 0 Å². The molecule has 0 saturated heterocycles. The van der Waals surface area contributed by atoms with Gasteiger partial charge in [-0.1, -0.05) is 48.5 Å². The molecule has 0 aliphatic rings. The van der Waals surface area contributed by atoms with E-state index in [-0.39, 0.29) is 16.7 Å². The second-order valence-electron chi connectivity index (χ2n) is 7.32. The molecule has 3 nitrogen and oxygen atoms in total. The average molecular weight is 277 g/mol. The van der Waals surface area contributed by atoms with Gasteiger partial charge < -0.3 is 10.4 Å². The van der Waals surface area contributed by atoms with Crippen molar-refractivity contribution in [2.75, 3.05) is 5.32 Å². The number of carbonyl (C=O) groups is 1. The van der Waals surface area contributed by atoms with E-state index in [1.807, 2.05) is 19.1 Å². The highest BCUT2D eigenvalue weighted by Crippen LogP contribution is 2.40. The zero-order chi connectivity index (χ0) is 15.7. The van der Waals surface area contributed by atoms with Crippen LogP contribution in [0.25, 0.3) is 0 Å². The lowest BCUT2D eigenvalue weighted by atomic mass is 9.79. The SMILES string of the molecule is CCC(=O)Nc1cc(C(C)(C)C)c(O)c(C(C)(C)C)c1. The average Bonchev–Trinajstić information content (AvgIpc) is 2.28. The van der Waals surface area contributed by atoms with Gasteiger partial charge in [-0.05, 0) is 23.0 Å². The quantitative estimate of drug-likeness (QED) is 0.790. The summed E-state index contributed by atoms with van der Waals surface area (Å²) < 4.78 is 0. The molecule has 112 valence electrons. The van der Waals surface area contributed by atoms with Crippen LogP contribution in [0.3, 0.4) is 0 Å². The Kier molecular flexibility index (Phi) is 4.52. The van der Waals surface area contributed by atoms with Crippen molar-refractivity contribution in [1.29, 1.82) is 0 Å². The Hall–Kier alpha value is -1.51. The monoisotopic (exact) mass is 277 g/mol. The zero-order valence-corrected chi connectivity index (χ0v) is 13.7. The highest BCUT2D eigenvalue weighted by atomic mass is 16.3. The van der Waals surface area contributed by atoms with E-state index in [1.165, 1.54) is 0 Å². The Morgan fingerprint density at radius 1 is 1.05 bits per heavy atom. The van der Waals surface area contributed by atoms with Gasteiger partial charge in [0.2, 0.25) is 5.91 Å². The minimum Gasteiger partial charge on any atom is -0.507 e. The maximum absolute atomic E-state index is 11.6. The van der Waals surface area contributed by atoms with Gasteiger partial charge in [0, 0.05) is 23.2 Å². The number of amides is 1. The molecule has 3 heteroatoms. The number of rotatable bonds is 2. The molecule has 0 atom stereocenters. The summed E-state index contributed by atoms with van der Waals surface area (Å²) in [5.74, 6) is 0.315. The van der Waals surface area contributed by atoms with E-state index in [4.69, 9.17) is 0 Å². The third-order valence-electron chi connectivity index (χ3n) is 3.33. The van der Waals surface area contributed by atoms with E-state index in [0.717, 1.165) is 16.8 Å². The van der Waals surface area contributed by atoms with Crippen LogP contribution in [0.1, 0.15) is 66.0 Å². The highest BCUT2D eigenvalue weighted by Gasteiger charge is 2.26. The van der Waals surface area contributed by atoms with E-state index in [1.54, 1.807) is 0 Å². The van der Waals surface area contributed by atoms with Gasteiger partial charge in [-0.2, -0.15) is 0 Å². The summed E-state index contributed by atoms with van der Waals surface area (Å²) in [6, 6.07) is 3.75. The summed E-state index contributed by atoms with van der Waals surface area (Å²) in [5.41, 5.74) is 2.10. The molecule has 1 aromatic rings. The molecule has 20 heavy (non-hydrogen) atoms. The molecule has 0 bridgehead atoms. The number of benzene rings is 1. The van der Waals surface area contributed by atoms with Crippen LogP contribution in [0.5, 0.6) is 5.75 Å². The molecule has 0 aliphatic heterocycles. The third-order valence-corrected chi connectivity index (χ3v) is 3.33. The van der Waals surface area contributed by atoms with Crippen molar-refractivity contribution in [3.63, 3.8) is 0 Å². The van der Waals surface area contributed by atoms with Gasteiger partial charge in [0.05, 0.1) is 0 Å². The van der Waals surface area contributed by atoms with Gasteiger partial charge >= 0.3 is 0 Å². The molecule has 0 heterocycles. The number of phenolic OH excluding ortho intramolecular Hbond substituents is 1. The molecule has 0 radical (unpaired) electrons. The van der Waals surface area contributed by atoms with Crippen LogP contribution in [0, 0.1) is 0 Å². The summed E-state index contributed by atoms with van der Waals surface area (Å²) in [6.45, 7) is 14.2. The number of hydrogen-bond acceptors (Lipinski definition) is 2. The molecular weight excluding hydrogens is 250 g/mol. The molecule has 0 unspecified atom stereocenters. The normalized spacial score (nSPS) is 12.3. The fourth-order valence-corrected chi connectivity index (χ4v) is 2.10. The maximum Gasteiger partial charge on any atom is 0.224 e. The van der Waals surface area contributed by atoms with Crippen LogP contribution in [-0.2, 0) is 15.6 Å². The third kappa shape index (κ3) is 3.75. The van der Waals surface area contributed by atoms with Gasteiger partial charge in [-0.25, -0.2) is 0 Å². The lowest BCUT2D eigenvalue weighted by Gasteiger charge is -2.28. The molecule has 0 aromatic heterocycles. The topological polar surface area (TPSA) is 49.3 Å². The number of carbonyl (C=O) groups excluding carboxylic acids is 1. The fourth-order valence-electron chi connectivity index (χ4n) is 2.10. The minimum atomic E-state index is -0.183. The predicted octanol–water partition coefficient (Wildman–Crippen LogP) is 4.34. The van der Waals surface area contributed by atoms with Crippen LogP contribution >= 0.6 is 0 Å². The van der Waals surface area contributed by atoms with Crippen molar-refractivity contribution < 1.29 is 9.90 Å². The second-order valence-corrected chi connectivity index (χ2v) is 7.32. The Labute approximate surface area is 122 Å². The first-order valence-electron chi connectivity index (χ1n) is 7.14. The number of aromatic hydroxyl groups is 1. The van der Waals surface area contributed by atoms with E-state index >= 15 is 0 Å². The first-order chi connectivity index (χ1) is 8.96. The Balaban J connectivity index is 3.46. The number of nitrogens with one attached hydrogen (secondary N) is 1. The molecule has 0 fully saturated rings. The van der Waals surface area contributed by atoms with Crippen LogP contribution in [0.4, 0.5) is 5.69 Å². The molecule has 1 rings (SSSR count). The minimum absolute atomic E-state index is 0.0181. The highest BCUT2D eigenvalue weighted by molar-refractivity contribution is 5.91. The molecule has 0 aliphatic carbocycles. The number of anilines is 1. The summed E-state index contributed by atoms with van der Waals surface area (Å²) in [4.78, 5) is 11.6. The van der Waals surface area contributed by atoms with Crippen molar-refractivity contribution in [3.05, 3.63) is 23.3 Å². The smallest absolute Gasteiger partial charge is 0.224 e. The van der Waals surface area contributed by atoms with Gasteiger partial charge in [-0.15, -0.1) is 0 Å². The van der Waals surface area contributed by atoms with Crippen molar-refractivity contribution in [2.24, 2.45) is 0 Å². The maximum atomic E-state index is 11.6. The Morgan fingerprint density at radius 2 is 1.45 bits per heavy atom. The van der Waals surface area contributed by atoms with Crippen LogP contribution < -0.4 is 5.32 Å². The summed E-state index contributed by atoms with van der Waals surface area (Å²) in [6.07, 6.45) is 0.441. The number of phenols is 1. The molecule has 0 saturated carbocycles. The van der Waals surface area contributed by atoms with Gasteiger partial charge in [0.15, 0.2) is 0 Å². The van der Waals surface area contributed by atoms with E-state index in [9.17, 15) is 9.90 Å². The molecule has 0 spiro atoms. The van der Waals surface area contributed by atoms with Gasteiger partial charge in [-0.3, -0.25) is 4.79 Å². The molecular formula is C17H27NO2. The van der Waals surface area contributed by atoms with Crippen molar-refractivity contribution in [3.8, 4) is 5.75 Å². The van der Waals surface area contributed by atoms with E-state index < -0.39 is 0 Å². The van der Waals surface area contributed by atoms with Crippen molar-refractivity contribution >= 4 is 11.6 Å². The lowest BCUT2D eigenvalue weighted by molar-refractivity contribution is -0.115. The lowest BCUT2D eigenvalue weighted by Crippen LogP contribution is -2.19. The first-order valence-corrected chi connectivity index (χ1v) is 7.14. The molecule has 1 aromatic carbocycles. The van der Waals surface area contributed by atoms with E-state index in [2.05, 4.69) is 46.9 Å². The fraction of sp³-hybridized carbons (Fsp3) is 0.588. The van der Waals surface area contributed by atoms with Gasteiger partial charge in [0.25, 0.3) is 0 Å². The van der Waals surface area contributed by atoms with Crippen molar-refractivity contribution in [2.45, 2.75) is 65.7 Å². The molecule has 1 amide bonds. The largest absolute Gasteiger partial charge is 0.507 e. The zero-order valence-electron chi connectivity index (χ0n) is 13.7. The van der Waals surface area contributed by atoms with E-state index in [0.29, 0.717) is 12.2 Å². The van der Waals surface area contributed by atoms with Crippen LogP contribution in [0.15, 0.2) is 12.1 Å². The molecule has 2 N–H and O–H groups in total. The Morgan fingerprint density at radius 3 is 1.75 bits per heavy atom. The van der Waals surface area contributed by atoms with Gasteiger partial charge in [0.1, 0.15) is 5.75 Å². The van der Waals surface area contributed by atoms with Crippen LogP contribution in [-0.4, -0.2) is 11.0 Å². The van der Waals surface area contributed by atoms with Crippen molar-refractivity contribution in [1.82, 2.24) is 0 Å². The first kappa shape index (κ1) is 16.5. The Bertz CT molecular complexity index is 470. The standard InChI is InChI=1S/C17H27NO2/c1-8-14(19)18-11-9-12(16(2,3)4)15(20)13(10-11)17(5,6)7/h9-10,20H,8H2,1-7H3,(H,18,19). The summed E-state index contributed by atoms with van der Waals surface area (Å²) in [7, 11) is 0. The summed E-state index contributed by atoms with van der Waals surface area (Å²) in [5, 5.41) is 13.5. The number of hydrogen-bond donors (Lipinski definition) is 2.